The van der Waals surface area contributed by atoms with Gasteiger partial charge in [0.15, 0.2) is 0 Å². The van der Waals surface area contributed by atoms with Gasteiger partial charge in [-0.05, 0) is 18.2 Å². The minimum atomic E-state index is -0.572. The molecule has 18 heavy (non-hydrogen) atoms. The number of ether oxygens (including phenoxy) is 1. The van der Waals surface area contributed by atoms with Crippen molar-refractivity contribution in [2.24, 2.45) is 0 Å². The number of likely N-dealkylation sites (N-methyl/N-ethyl adjacent to an activating group) is 1. The summed E-state index contributed by atoms with van der Waals surface area (Å²) in [5, 5.41) is 3.42. The van der Waals surface area contributed by atoms with Crippen LogP contribution < -0.4 is 5.32 Å². The highest BCUT2D eigenvalue weighted by Crippen LogP contribution is 2.41. The largest absolute Gasteiger partial charge is 0.468 e. The Balaban J connectivity index is 2.08. The van der Waals surface area contributed by atoms with Crippen LogP contribution in [0.3, 0.4) is 0 Å². The molecule has 2 atom stereocenters. The van der Waals surface area contributed by atoms with Crippen LogP contribution in [0, 0.1) is 0 Å². The number of benzene rings is 1. The van der Waals surface area contributed by atoms with Crippen molar-refractivity contribution in [1.82, 2.24) is 10.2 Å². The molecule has 0 spiro atoms. The predicted octanol–water partition coefficient (Wildman–Crippen LogP) is 0.731. The number of carbonyl (C=O) groups is 1. The van der Waals surface area contributed by atoms with Crippen molar-refractivity contribution in [3.05, 3.63) is 35.4 Å². The third-order valence-corrected chi connectivity index (χ3v) is 4.18. The molecular formula is C14H18N2O2. The third kappa shape index (κ3) is 1.49. The maximum atomic E-state index is 12.2. The van der Waals surface area contributed by atoms with E-state index in [0.717, 1.165) is 13.1 Å². The molecule has 1 N–H and O–H groups in total. The van der Waals surface area contributed by atoms with Gasteiger partial charge in [-0.1, -0.05) is 24.3 Å². The first-order chi connectivity index (χ1) is 8.67. The number of nitrogens with zero attached hydrogens (tertiary/aromatic N) is 1. The number of rotatable bonds is 1. The second-order valence-electron chi connectivity index (χ2n) is 5.26. The van der Waals surface area contributed by atoms with E-state index >= 15 is 0 Å². The first-order valence-electron chi connectivity index (χ1n) is 6.27. The lowest BCUT2D eigenvalue weighted by Gasteiger charge is -2.38. The average molecular weight is 246 g/mol. The normalized spacial score (nSPS) is 30.7. The van der Waals surface area contributed by atoms with Gasteiger partial charge in [-0.25, -0.2) is 4.79 Å². The number of fused-ring (bicyclic) bond motifs is 3. The van der Waals surface area contributed by atoms with Crippen LogP contribution in [0.15, 0.2) is 24.3 Å². The van der Waals surface area contributed by atoms with Crippen LogP contribution in [0.4, 0.5) is 0 Å². The van der Waals surface area contributed by atoms with Crippen molar-refractivity contribution in [3.8, 4) is 0 Å². The quantitative estimate of drug-likeness (QED) is 0.742. The Kier molecular flexibility index (Phi) is 2.64. The van der Waals surface area contributed by atoms with Gasteiger partial charge >= 0.3 is 5.97 Å². The molecule has 4 heteroatoms. The molecule has 0 saturated carbocycles. The van der Waals surface area contributed by atoms with E-state index in [0.29, 0.717) is 6.54 Å². The summed E-state index contributed by atoms with van der Waals surface area (Å²) in [6.45, 7) is 2.33. The van der Waals surface area contributed by atoms with Gasteiger partial charge in [0.1, 0.15) is 5.54 Å². The lowest BCUT2D eigenvalue weighted by Crippen LogP contribution is -2.59. The number of carbonyl (C=O) groups excluding carboxylic acids is 1. The zero-order valence-electron chi connectivity index (χ0n) is 10.8. The fourth-order valence-electron chi connectivity index (χ4n) is 3.36. The number of nitrogens with one attached hydrogen (secondary N) is 1. The Bertz CT molecular complexity index is 488. The molecule has 3 rings (SSSR count). The second-order valence-corrected chi connectivity index (χ2v) is 5.26. The Labute approximate surface area is 107 Å². The van der Waals surface area contributed by atoms with Crippen molar-refractivity contribution in [1.29, 1.82) is 0 Å². The highest BCUT2D eigenvalue weighted by molar-refractivity contribution is 5.84. The summed E-state index contributed by atoms with van der Waals surface area (Å²) < 4.78 is 5.03. The molecule has 4 nitrogen and oxygen atoms in total. The molecule has 2 aliphatic heterocycles. The molecule has 0 bridgehead atoms. The molecule has 96 valence electrons. The number of methoxy groups -OCH3 is 1. The van der Waals surface area contributed by atoms with Crippen LogP contribution in [0.2, 0.25) is 0 Å². The topological polar surface area (TPSA) is 41.6 Å². The summed E-state index contributed by atoms with van der Waals surface area (Å²) in [6.07, 6.45) is 0. The van der Waals surface area contributed by atoms with E-state index in [-0.39, 0.29) is 11.9 Å². The van der Waals surface area contributed by atoms with E-state index in [9.17, 15) is 4.79 Å². The Hall–Kier alpha value is -1.39. The van der Waals surface area contributed by atoms with E-state index in [1.54, 1.807) is 0 Å². The van der Waals surface area contributed by atoms with Gasteiger partial charge in [0.25, 0.3) is 0 Å². The maximum absolute atomic E-state index is 12.2. The predicted molar refractivity (Wildman–Crippen MR) is 68.3 cm³/mol. The van der Waals surface area contributed by atoms with Gasteiger partial charge in [-0.2, -0.15) is 0 Å². The second kappa shape index (κ2) is 4.07. The van der Waals surface area contributed by atoms with Gasteiger partial charge in [-0.15, -0.1) is 0 Å². The zero-order valence-corrected chi connectivity index (χ0v) is 10.8. The van der Waals surface area contributed by atoms with E-state index in [2.05, 4.69) is 22.3 Å². The molecule has 1 aromatic carbocycles. The maximum Gasteiger partial charge on any atom is 0.328 e. The average Bonchev–Trinajstić information content (AvgIpc) is 2.75. The molecule has 0 aromatic heterocycles. The van der Waals surface area contributed by atoms with Crippen molar-refractivity contribution in [2.45, 2.75) is 18.0 Å². The Morgan fingerprint density at radius 2 is 2.28 bits per heavy atom. The zero-order chi connectivity index (χ0) is 12.8. The van der Waals surface area contributed by atoms with Gasteiger partial charge in [-0.3, -0.25) is 5.32 Å². The van der Waals surface area contributed by atoms with Crippen LogP contribution in [0.1, 0.15) is 17.0 Å². The summed E-state index contributed by atoms with van der Waals surface area (Å²) in [5.41, 5.74) is 2.00. The highest BCUT2D eigenvalue weighted by Gasteiger charge is 2.54. The fraction of sp³-hybridized carbons (Fsp3) is 0.500. The molecule has 0 unspecified atom stereocenters. The Morgan fingerprint density at radius 1 is 1.50 bits per heavy atom. The van der Waals surface area contributed by atoms with Crippen LogP contribution in [0.5, 0.6) is 0 Å². The first-order valence-corrected chi connectivity index (χ1v) is 6.27. The standard InChI is InChI=1S/C14H18N2O2/c1-16-8-12-11-6-4-3-5-10(11)7-15-14(12,9-16)13(17)18-2/h3-6,12,15H,7-9H2,1-2H3/t12-,14-/m1/s1. The highest BCUT2D eigenvalue weighted by atomic mass is 16.5. The lowest BCUT2D eigenvalue weighted by molar-refractivity contribution is -0.149. The number of hydrogen-bond acceptors (Lipinski definition) is 4. The fourth-order valence-corrected chi connectivity index (χ4v) is 3.36. The van der Waals surface area contributed by atoms with Crippen molar-refractivity contribution in [2.75, 3.05) is 27.2 Å². The molecule has 2 heterocycles. The van der Waals surface area contributed by atoms with E-state index < -0.39 is 5.54 Å². The van der Waals surface area contributed by atoms with Crippen LogP contribution in [-0.2, 0) is 16.1 Å². The summed E-state index contributed by atoms with van der Waals surface area (Å²) >= 11 is 0. The van der Waals surface area contributed by atoms with Gasteiger partial charge in [0, 0.05) is 25.6 Å². The van der Waals surface area contributed by atoms with Crippen molar-refractivity contribution < 1.29 is 9.53 Å². The molecule has 0 aliphatic carbocycles. The smallest absolute Gasteiger partial charge is 0.328 e. The monoisotopic (exact) mass is 246 g/mol. The first kappa shape index (κ1) is 11.7. The van der Waals surface area contributed by atoms with E-state index in [4.69, 9.17) is 4.74 Å². The molecule has 1 fully saturated rings. The van der Waals surface area contributed by atoms with Gasteiger partial charge < -0.3 is 9.64 Å². The van der Waals surface area contributed by atoms with Gasteiger partial charge in [0.05, 0.1) is 7.11 Å². The SMILES string of the molecule is COC(=O)[C@@]12CN(C)C[C@@H]1c1ccccc1CN2. The van der Waals surface area contributed by atoms with Crippen LogP contribution >= 0.6 is 0 Å². The molecular weight excluding hydrogens is 228 g/mol. The van der Waals surface area contributed by atoms with Crippen LogP contribution in [0.25, 0.3) is 0 Å². The number of likely N-dealkylation sites (tertiary alicyclic amines) is 1. The summed E-state index contributed by atoms with van der Waals surface area (Å²) in [4.78, 5) is 14.4. The van der Waals surface area contributed by atoms with E-state index in [1.165, 1.54) is 18.2 Å². The molecule has 2 aliphatic rings. The molecule has 1 aromatic rings. The van der Waals surface area contributed by atoms with E-state index in [1.807, 2.05) is 19.2 Å². The summed E-state index contributed by atoms with van der Waals surface area (Å²) in [7, 11) is 3.52. The third-order valence-electron chi connectivity index (χ3n) is 4.18. The van der Waals surface area contributed by atoms with Crippen LogP contribution in [-0.4, -0.2) is 43.7 Å². The van der Waals surface area contributed by atoms with Gasteiger partial charge in [0.2, 0.25) is 0 Å². The lowest BCUT2D eigenvalue weighted by atomic mass is 9.77. The number of esters is 1. The van der Waals surface area contributed by atoms with Crippen molar-refractivity contribution in [3.63, 3.8) is 0 Å². The molecule has 1 saturated heterocycles. The molecule has 0 radical (unpaired) electrons. The minimum Gasteiger partial charge on any atom is -0.468 e. The Morgan fingerprint density at radius 3 is 3.06 bits per heavy atom. The summed E-state index contributed by atoms with van der Waals surface area (Å²) in [6, 6.07) is 8.36. The number of hydrogen-bond donors (Lipinski definition) is 1. The summed E-state index contributed by atoms with van der Waals surface area (Å²) in [5.74, 6) is 0.0336. The van der Waals surface area contributed by atoms with Crippen molar-refractivity contribution >= 4 is 5.97 Å². The molecule has 0 amide bonds. The minimum absolute atomic E-state index is 0.147.